The van der Waals surface area contributed by atoms with Gasteiger partial charge < -0.3 is 4.74 Å². The van der Waals surface area contributed by atoms with Gasteiger partial charge in [-0.15, -0.1) is 0 Å². The summed E-state index contributed by atoms with van der Waals surface area (Å²) < 4.78 is 43.0. The number of benzene rings is 1. The highest BCUT2D eigenvalue weighted by molar-refractivity contribution is 6.30. The number of nitrogens with zero attached hydrogens (tertiary/aromatic N) is 1. The minimum atomic E-state index is -4.39. The highest BCUT2D eigenvalue weighted by Gasteiger charge is 2.30. The maximum Gasteiger partial charge on any atom is 0.416 e. The topological polar surface area (TPSA) is 22.1 Å². The molecule has 0 aliphatic heterocycles. The molecule has 2 aromatic rings. The van der Waals surface area contributed by atoms with E-state index >= 15 is 0 Å². The van der Waals surface area contributed by atoms with E-state index in [4.69, 9.17) is 16.3 Å². The van der Waals surface area contributed by atoms with Gasteiger partial charge in [0.25, 0.3) is 0 Å². The zero-order valence-corrected chi connectivity index (χ0v) is 10.6. The van der Waals surface area contributed by atoms with E-state index in [9.17, 15) is 13.2 Å². The summed E-state index contributed by atoms with van der Waals surface area (Å²) in [6, 6.07) is 6.44. The molecule has 0 unspecified atom stereocenters. The maximum absolute atomic E-state index is 12.7. The lowest BCUT2D eigenvalue weighted by Crippen LogP contribution is -2.04. The van der Waals surface area contributed by atoms with E-state index in [1.54, 1.807) is 6.07 Å². The third kappa shape index (κ3) is 2.98. The second kappa shape index (κ2) is 5.09. The van der Waals surface area contributed by atoms with Crippen LogP contribution in [0.5, 0.6) is 5.88 Å². The number of methoxy groups -OCH3 is 1. The molecule has 0 amide bonds. The van der Waals surface area contributed by atoms with E-state index in [-0.39, 0.29) is 5.88 Å². The summed E-state index contributed by atoms with van der Waals surface area (Å²) in [5, 5.41) is 0.327. The molecule has 0 saturated carbocycles. The Morgan fingerprint density at radius 1 is 1.21 bits per heavy atom. The van der Waals surface area contributed by atoms with Crippen molar-refractivity contribution in [2.24, 2.45) is 0 Å². The van der Waals surface area contributed by atoms with Crippen LogP contribution in [0.25, 0.3) is 11.1 Å². The zero-order valence-electron chi connectivity index (χ0n) is 9.83. The zero-order chi connectivity index (χ0) is 14.0. The lowest BCUT2D eigenvalue weighted by molar-refractivity contribution is -0.137. The van der Waals surface area contributed by atoms with Gasteiger partial charge in [0.15, 0.2) is 0 Å². The van der Waals surface area contributed by atoms with Gasteiger partial charge in [-0.05, 0) is 23.8 Å². The summed E-state index contributed by atoms with van der Waals surface area (Å²) >= 11 is 5.81. The van der Waals surface area contributed by atoms with Crippen molar-refractivity contribution in [3.8, 4) is 17.0 Å². The summed E-state index contributed by atoms with van der Waals surface area (Å²) in [5.41, 5.74) is 0.0369. The molecular formula is C13H9ClF3NO. The average molecular weight is 288 g/mol. The molecule has 0 bridgehead atoms. The Morgan fingerprint density at radius 3 is 2.58 bits per heavy atom. The van der Waals surface area contributed by atoms with Crippen molar-refractivity contribution in [1.82, 2.24) is 4.98 Å². The van der Waals surface area contributed by atoms with E-state index < -0.39 is 11.7 Å². The molecule has 0 N–H and O–H groups in total. The summed E-state index contributed by atoms with van der Waals surface area (Å²) in [4.78, 5) is 3.93. The molecule has 1 heterocycles. The molecule has 0 radical (unpaired) electrons. The van der Waals surface area contributed by atoms with Crippen molar-refractivity contribution >= 4 is 11.6 Å². The van der Waals surface area contributed by atoms with Crippen LogP contribution in [0.15, 0.2) is 36.5 Å². The molecule has 0 atom stereocenters. The highest BCUT2D eigenvalue weighted by atomic mass is 35.5. The Balaban J connectivity index is 2.56. The molecule has 19 heavy (non-hydrogen) atoms. The van der Waals surface area contributed by atoms with Crippen LogP contribution in [0.1, 0.15) is 5.56 Å². The van der Waals surface area contributed by atoms with Crippen LogP contribution in [-0.2, 0) is 6.18 Å². The minimum Gasteiger partial charge on any atom is -0.481 e. The fourth-order valence-electron chi connectivity index (χ4n) is 1.66. The van der Waals surface area contributed by atoms with Crippen molar-refractivity contribution in [2.45, 2.75) is 6.18 Å². The second-order valence-corrected chi connectivity index (χ2v) is 4.23. The Labute approximate surface area is 112 Å². The first-order valence-corrected chi connectivity index (χ1v) is 5.67. The van der Waals surface area contributed by atoms with Crippen LogP contribution >= 0.6 is 11.6 Å². The first-order valence-electron chi connectivity index (χ1n) is 5.29. The number of alkyl halides is 3. The van der Waals surface area contributed by atoms with Gasteiger partial charge in [0, 0.05) is 11.8 Å². The van der Waals surface area contributed by atoms with Crippen LogP contribution in [0, 0.1) is 0 Å². The van der Waals surface area contributed by atoms with Gasteiger partial charge >= 0.3 is 6.18 Å². The Morgan fingerprint density at radius 2 is 1.95 bits per heavy atom. The molecule has 6 heteroatoms. The van der Waals surface area contributed by atoms with Crippen molar-refractivity contribution < 1.29 is 17.9 Å². The quantitative estimate of drug-likeness (QED) is 0.815. The predicted molar refractivity (Wildman–Crippen MR) is 66.2 cm³/mol. The van der Waals surface area contributed by atoms with Gasteiger partial charge in [-0.3, -0.25) is 0 Å². The summed E-state index contributed by atoms with van der Waals surface area (Å²) in [6.07, 6.45) is -3.02. The van der Waals surface area contributed by atoms with Crippen LogP contribution in [0.3, 0.4) is 0 Å². The normalized spacial score (nSPS) is 11.4. The first kappa shape index (κ1) is 13.7. The van der Waals surface area contributed by atoms with Crippen molar-refractivity contribution in [1.29, 1.82) is 0 Å². The van der Waals surface area contributed by atoms with Crippen LogP contribution in [-0.4, -0.2) is 12.1 Å². The van der Waals surface area contributed by atoms with Gasteiger partial charge in [0.2, 0.25) is 5.88 Å². The maximum atomic E-state index is 12.7. The summed E-state index contributed by atoms with van der Waals surface area (Å²) in [6.45, 7) is 0. The average Bonchev–Trinajstić information content (AvgIpc) is 2.38. The van der Waals surface area contributed by atoms with E-state index in [0.717, 1.165) is 12.1 Å². The molecule has 0 aliphatic carbocycles. The van der Waals surface area contributed by atoms with Gasteiger partial charge in [-0.25, -0.2) is 4.98 Å². The standard InChI is InChI=1S/C13H9ClF3NO/c1-19-12-11(6-10(14)7-18-12)8-3-2-4-9(5-8)13(15,16)17/h2-7H,1H3. The van der Waals surface area contributed by atoms with Crippen LogP contribution in [0.4, 0.5) is 13.2 Å². The third-order valence-electron chi connectivity index (χ3n) is 2.51. The van der Waals surface area contributed by atoms with Gasteiger partial charge in [0.1, 0.15) is 0 Å². The van der Waals surface area contributed by atoms with Gasteiger partial charge in [-0.1, -0.05) is 23.7 Å². The molecule has 0 spiro atoms. The smallest absolute Gasteiger partial charge is 0.416 e. The molecule has 100 valence electrons. The third-order valence-corrected chi connectivity index (χ3v) is 2.72. The number of hydrogen-bond acceptors (Lipinski definition) is 2. The van der Waals surface area contributed by atoms with E-state index in [1.165, 1.54) is 25.4 Å². The van der Waals surface area contributed by atoms with Crippen molar-refractivity contribution in [2.75, 3.05) is 7.11 Å². The molecular weight excluding hydrogens is 279 g/mol. The number of rotatable bonds is 2. The molecule has 0 aliphatic rings. The lowest BCUT2D eigenvalue weighted by atomic mass is 10.0. The molecule has 0 fully saturated rings. The van der Waals surface area contributed by atoms with Crippen molar-refractivity contribution in [3.63, 3.8) is 0 Å². The van der Waals surface area contributed by atoms with Crippen LogP contribution < -0.4 is 4.74 Å². The number of aromatic nitrogens is 1. The number of halogens is 4. The lowest BCUT2D eigenvalue weighted by Gasteiger charge is -2.11. The largest absolute Gasteiger partial charge is 0.481 e. The Bertz CT molecular complexity index is 599. The number of pyridine rings is 1. The highest BCUT2D eigenvalue weighted by Crippen LogP contribution is 2.35. The summed E-state index contributed by atoms with van der Waals surface area (Å²) in [7, 11) is 1.40. The monoisotopic (exact) mass is 287 g/mol. The minimum absolute atomic E-state index is 0.226. The van der Waals surface area contributed by atoms with E-state index in [0.29, 0.717) is 16.1 Å². The fourth-order valence-corrected chi connectivity index (χ4v) is 1.82. The number of ether oxygens (including phenoxy) is 1. The Hall–Kier alpha value is -1.75. The van der Waals surface area contributed by atoms with E-state index in [1.807, 2.05) is 0 Å². The Kier molecular flexibility index (Phi) is 3.66. The SMILES string of the molecule is COc1ncc(Cl)cc1-c1cccc(C(F)(F)F)c1. The molecule has 2 rings (SSSR count). The predicted octanol–water partition coefficient (Wildman–Crippen LogP) is 4.43. The van der Waals surface area contributed by atoms with Crippen LogP contribution in [0.2, 0.25) is 5.02 Å². The molecule has 1 aromatic heterocycles. The van der Waals surface area contributed by atoms with Gasteiger partial charge in [0.05, 0.1) is 17.7 Å². The van der Waals surface area contributed by atoms with E-state index in [2.05, 4.69) is 4.98 Å². The number of hydrogen-bond donors (Lipinski definition) is 0. The molecule has 0 saturated heterocycles. The molecule has 2 nitrogen and oxygen atoms in total. The second-order valence-electron chi connectivity index (χ2n) is 3.79. The van der Waals surface area contributed by atoms with Crippen molar-refractivity contribution in [3.05, 3.63) is 47.1 Å². The summed E-state index contributed by atoms with van der Waals surface area (Å²) in [5.74, 6) is 0.226. The fraction of sp³-hybridized carbons (Fsp3) is 0.154. The van der Waals surface area contributed by atoms with Gasteiger partial charge in [-0.2, -0.15) is 13.2 Å². The molecule has 1 aromatic carbocycles. The first-order chi connectivity index (χ1) is 8.91.